The van der Waals surface area contributed by atoms with Crippen LogP contribution < -0.4 is 5.32 Å². The van der Waals surface area contributed by atoms with Crippen molar-refractivity contribution in [1.29, 1.82) is 0 Å². The highest BCUT2D eigenvalue weighted by atomic mass is 35.5. The zero-order valence-corrected chi connectivity index (χ0v) is 11.1. The van der Waals surface area contributed by atoms with Crippen LogP contribution in [-0.2, 0) is 4.74 Å². The number of nitrogens with one attached hydrogen (secondary N) is 1. The molecule has 1 aliphatic carbocycles. The van der Waals surface area contributed by atoms with E-state index in [9.17, 15) is 10.1 Å². The molecule has 2 rings (SSSR count). The van der Waals surface area contributed by atoms with Crippen LogP contribution in [-0.4, -0.2) is 34.6 Å². The number of nitrogens with zero attached hydrogens (tertiary/aromatic N) is 3. The second kappa shape index (κ2) is 6.63. The lowest BCUT2D eigenvalue weighted by atomic mass is 10.4. The normalized spacial score (nSPS) is 14.4. The molecule has 104 valence electrons. The van der Waals surface area contributed by atoms with Crippen molar-refractivity contribution in [1.82, 2.24) is 9.97 Å². The van der Waals surface area contributed by atoms with E-state index in [4.69, 9.17) is 16.3 Å². The van der Waals surface area contributed by atoms with Crippen LogP contribution in [0.2, 0.25) is 5.15 Å². The first-order valence-corrected chi connectivity index (χ1v) is 6.52. The lowest BCUT2D eigenvalue weighted by Crippen LogP contribution is -2.10. The molecule has 0 bridgehead atoms. The first-order chi connectivity index (χ1) is 9.18. The molecule has 1 saturated carbocycles. The van der Waals surface area contributed by atoms with Crippen molar-refractivity contribution in [3.05, 3.63) is 21.6 Å². The Balaban J connectivity index is 1.75. The van der Waals surface area contributed by atoms with Crippen molar-refractivity contribution in [2.45, 2.75) is 19.3 Å². The van der Waals surface area contributed by atoms with Crippen molar-refractivity contribution in [2.24, 2.45) is 5.92 Å². The molecular formula is C11H15ClN4O3. The number of ether oxygens (including phenoxy) is 1. The van der Waals surface area contributed by atoms with Crippen molar-refractivity contribution < 1.29 is 9.66 Å². The predicted octanol–water partition coefficient (Wildman–Crippen LogP) is 2.27. The van der Waals surface area contributed by atoms with Gasteiger partial charge in [-0.2, -0.15) is 0 Å². The summed E-state index contributed by atoms with van der Waals surface area (Å²) in [5, 5.41) is 13.6. The van der Waals surface area contributed by atoms with E-state index in [2.05, 4.69) is 15.3 Å². The van der Waals surface area contributed by atoms with Crippen LogP contribution in [0, 0.1) is 16.0 Å². The summed E-state index contributed by atoms with van der Waals surface area (Å²) >= 11 is 5.67. The molecule has 0 spiro atoms. The Morgan fingerprint density at radius 2 is 2.32 bits per heavy atom. The van der Waals surface area contributed by atoms with E-state index in [1.165, 1.54) is 19.2 Å². The molecule has 0 unspecified atom stereocenters. The number of halogens is 1. The zero-order valence-electron chi connectivity index (χ0n) is 10.3. The van der Waals surface area contributed by atoms with Crippen LogP contribution in [0.3, 0.4) is 0 Å². The lowest BCUT2D eigenvalue weighted by molar-refractivity contribution is -0.384. The van der Waals surface area contributed by atoms with Crippen LogP contribution in [0.25, 0.3) is 0 Å². The summed E-state index contributed by atoms with van der Waals surface area (Å²) in [6, 6.07) is 0. The largest absolute Gasteiger partial charge is 0.381 e. The second-order valence-corrected chi connectivity index (χ2v) is 4.78. The highest BCUT2D eigenvalue weighted by Gasteiger charge is 2.22. The Hall–Kier alpha value is -1.47. The van der Waals surface area contributed by atoms with Gasteiger partial charge in [0.1, 0.15) is 6.33 Å². The molecule has 19 heavy (non-hydrogen) atoms. The van der Waals surface area contributed by atoms with Crippen LogP contribution in [0.1, 0.15) is 19.3 Å². The first-order valence-electron chi connectivity index (χ1n) is 6.15. The maximum atomic E-state index is 10.8. The van der Waals surface area contributed by atoms with Gasteiger partial charge in [0.05, 0.1) is 4.92 Å². The molecule has 1 fully saturated rings. The molecule has 1 aliphatic rings. The maximum Gasteiger partial charge on any atom is 0.348 e. The fourth-order valence-corrected chi connectivity index (χ4v) is 1.77. The highest BCUT2D eigenvalue weighted by Crippen LogP contribution is 2.29. The fraction of sp³-hybridized carbons (Fsp3) is 0.636. The van der Waals surface area contributed by atoms with Crippen molar-refractivity contribution in [3.63, 3.8) is 0 Å². The summed E-state index contributed by atoms with van der Waals surface area (Å²) in [7, 11) is 0. The Bertz CT molecular complexity index is 454. The highest BCUT2D eigenvalue weighted by molar-refractivity contribution is 6.31. The van der Waals surface area contributed by atoms with Gasteiger partial charge in [0, 0.05) is 19.8 Å². The van der Waals surface area contributed by atoms with Gasteiger partial charge >= 0.3 is 5.69 Å². The van der Waals surface area contributed by atoms with Crippen LogP contribution in [0.5, 0.6) is 0 Å². The second-order valence-electron chi connectivity index (χ2n) is 4.42. The number of aromatic nitrogens is 2. The van der Waals surface area contributed by atoms with Gasteiger partial charge in [-0.05, 0) is 25.2 Å². The van der Waals surface area contributed by atoms with Gasteiger partial charge in [0.15, 0.2) is 0 Å². The Morgan fingerprint density at radius 3 is 3.00 bits per heavy atom. The predicted molar refractivity (Wildman–Crippen MR) is 70.3 cm³/mol. The summed E-state index contributed by atoms with van der Waals surface area (Å²) in [6.07, 6.45) is 4.49. The smallest absolute Gasteiger partial charge is 0.348 e. The van der Waals surface area contributed by atoms with E-state index in [0.717, 1.165) is 18.9 Å². The van der Waals surface area contributed by atoms with Gasteiger partial charge in [0.2, 0.25) is 11.0 Å². The van der Waals surface area contributed by atoms with E-state index in [-0.39, 0.29) is 16.7 Å². The number of nitro groups is 1. The zero-order chi connectivity index (χ0) is 13.7. The third kappa shape index (κ3) is 4.29. The molecule has 1 aromatic rings. The third-order valence-corrected chi connectivity index (χ3v) is 3.05. The van der Waals surface area contributed by atoms with E-state index < -0.39 is 4.92 Å². The van der Waals surface area contributed by atoms with Gasteiger partial charge < -0.3 is 10.1 Å². The summed E-state index contributed by atoms with van der Waals surface area (Å²) < 4.78 is 5.46. The molecule has 1 heterocycles. The van der Waals surface area contributed by atoms with E-state index in [1.807, 2.05) is 0 Å². The molecule has 8 heteroatoms. The minimum absolute atomic E-state index is 0.146. The minimum Gasteiger partial charge on any atom is -0.381 e. The first kappa shape index (κ1) is 14.0. The molecule has 0 saturated heterocycles. The topological polar surface area (TPSA) is 90.2 Å². The van der Waals surface area contributed by atoms with Gasteiger partial charge in [-0.25, -0.2) is 9.97 Å². The van der Waals surface area contributed by atoms with Gasteiger partial charge in [0.25, 0.3) is 0 Å². The monoisotopic (exact) mass is 286 g/mol. The molecular weight excluding hydrogens is 272 g/mol. The molecule has 0 radical (unpaired) electrons. The summed E-state index contributed by atoms with van der Waals surface area (Å²) in [5.74, 6) is 0.891. The SMILES string of the molecule is O=[N+]([O-])c1c(Cl)ncnc1NCCCOCC1CC1. The van der Waals surface area contributed by atoms with Crippen molar-refractivity contribution in [3.8, 4) is 0 Å². The molecule has 1 aromatic heterocycles. The third-order valence-electron chi connectivity index (χ3n) is 2.77. The standard InChI is InChI=1S/C11H15ClN4O3/c12-10-9(16(17)18)11(15-7-14-10)13-4-1-5-19-6-8-2-3-8/h7-8H,1-6H2,(H,13,14,15). The number of hydrogen-bond acceptors (Lipinski definition) is 6. The molecule has 0 aliphatic heterocycles. The van der Waals surface area contributed by atoms with Crippen molar-refractivity contribution >= 4 is 23.1 Å². The average molecular weight is 287 g/mol. The molecule has 7 nitrogen and oxygen atoms in total. The maximum absolute atomic E-state index is 10.8. The summed E-state index contributed by atoms with van der Waals surface area (Å²) in [4.78, 5) is 17.7. The Kier molecular flexibility index (Phi) is 4.86. The van der Waals surface area contributed by atoms with E-state index in [1.54, 1.807) is 0 Å². The van der Waals surface area contributed by atoms with E-state index >= 15 is 0 Å². The number of rotatable bonds is 8. The molecule has 0 atom stereocenters. The molecule has 0 aromatic carbocycles. The minimum atomic E-state index is -0.589. The molecule has 1 N–H and O–H groups in total. The van der Waals surface area contributed by atoms with Gasteiger partial charge in [-0.3, -0.25) is 10.1 Å². The molecule has 0 amide bonds. The van der Waals surface area contributed by atoms with Gasteiger partial charge in [-0.15, -0.1) is 0 Å². The lowest BCUT2D eigenvalue weighted by Gasteiger charge is -2.06. The Morgan fingerprint density at radius 1 is 1.53 bits per heavy atom. The average Bonchev–Trinajstić information content (AvgIpc) is 3.17. The van der Waals surface area contributed by atoms with Crippen LogP contribution >= 0.6 is 11.6 Å². The van der Waals surface area contributed by atoms with E-state index in [0.29, 0.717) is 13.2 Å². The summed E-state index contributed by atoms with van der Waals surface area (Å²) in [6.45, 7) is 1.99. The Labute approximate surface area is 115 Å². The number of hydrogen-bond donors (Lipinski definition) is 1. The van der Waals surface area contributed by atoms with Gasteiger partial charge in [-0.1, -0.05) is 11.6 Å². The van der Waals surface area contributed by atoms with Crippen LogP contribution in [0.4, 0.5) is 11.5 Å². The van der Waals surface area contributed by atoms with Crippen LogP contribution in [0.15, 0.2) is 6.33 Å². The fourth-order valence-electron chi connectivity index (χ4n) is 1.56. The summed E-state index contributed by atoms with van der Waals surface area (Å²) in [5.41, 5.74) is -0.289. The number of anilines is 1. The quantitative estimate of drug-likeness (QED) is 0.341. The van der Waals surface area contributed by atoms with Crippen molar-refractivity contribution in [2.75, 3.05) is 25.1 Å².